The number of hydrogen-bond donors (Lipinski definition) is 0. The van der Waals surface area contributed by atoms with Gasteiger partial charge >= 0.3 is 0 Å². The summed E-state index contributed by atoms with van der Waals surface area (Å²) in [5.74, 6) is 0. The van der Waals surface area contributed by atoms with E-state index >= 15 is 0 Å². The molecular weight excluding hydrogens is 332 g/mol. The fraction of sp³-hybridized carbons (Fsp3) is 0.100. The molecular formula is C20H18N2S2. The Hall–Kier alpha value is -2.04. The highest BCUT2D eigenvalue weighted by Crippen LogP contribution is 2.42. The minimum Gasteiger partial charge on any atom is -0.335 e. The van der Waals surface area contributed by atoms with Crippen LogP contribution in [0.3, 0.4) is 0 Å². The van der Waals surface area contributed by atoms with Crippen LogP contribution in [0.25, 0.3) is 0 Å². The average Bonchev–Trinajstić information content (AvgIpc) is 3.26. The van der Waals surface area contributed by atoms with Gasteiger partial charge in [-0.1, -0.05) is 84.2 Å². The van der Waals surface area contributed by atoms with Crippen LogP contribution in [-0.4, -0.2) is 9.80 Å². The third-order valence-electron chi connectivity index (χ3n) is 3.94. The lowest BCUT2D eigenvalue weighted by Gasteiger charge is -2.24. The summed E-state index contributed by atoms with van der Waals surface area (Å²) in [6.07, 6.45) is 4.36. The van der Waals surface area contributed by atoms with Gasteiger partial charge in [-0.05, 0) is 21.9 Å². The molecule has 0 fully saturated rings. The maximum atomic E-state index is 2.34. The summed E-state index contributed by atoms with van der Waals surface area (Å²) in [6.45, 7) is 1.81. The van der Waals surface area contributed by atoms with Gasteiger partial charge in [0.05, 0.1) is 0 Å². The largest absolute Gasteiger partial charge is 0.335 e. The third-order valence-corrected chi connectivity index (χ3v) is 5.88. The Balaban J connectivity index is 1.55. The fourth-order valence-corrected chi connectivity index (χ4v) is 4.68. The summed E-state index contributed by atoms with van der Waals surface area (Å²) in [5.41, 5.74) is 2.65. The van der Waals surface area contributed by atoms with Gasteiger partial charge in [-0.15, -0.1) is 0 Å². The first-order valence-corrected chi connectivity index (χ1v) is 9.68. The van der Waals surface area contributed by atoms with Crippen molar-refractivity contribution in [1.29, 1.82) is 0 Å². The molecule has 0 N–H and O–H groups in total. The van der Waals surface area contributed by atoms with Gasteiger partial charge in [0.15, 0.2) is 0 Å². The molecule has 0 radical (unpaired) electrons. The molecule has 2 aliphatic rings. The van der Waals surface area contributed by atoms with E-state index in [-0.39, 0.29) is 0 Å². The molecule has 24 heavy (non-hydrogen) atoms. The van der Waals surface area contributed by atoms with Crippen molar-refractivity contribution in [2.75, 3.05) is 0 Å². The van der Waals surface area contributed by atoms with Gasteiger partial charge in [0.25, 0.3) is 0 Å². The molecule has 0 saturated carbocycles. The summed E-state index contributed by atoms with van der Waals surface area (Å²) >= 11 is 3.61. The second-order valence-corrected chi connectivity index (χ2v) is 7.43. The van der Waals surface area contributed by atoms with Gasteiger partial charge in [0, 0.05) is 25.5 Å². The van der Waals surface area contributed by atoms with Crippen LogP contribution in [-0.2, 0) is 13.1 Å². The van der Waals surface area contributed by atoms with Crippen molar-refractivity contribution < 1.29 is 0 Å². The lowest BCUT2D eigenvalue weighted by Crippen LogP contribution is -2.18. The zero-order valence-electron chi connectivity index (χ0n) is 13.2. The Morgan fingerprint density at radius 1 is 0.583 bits per heavy atom. The standard InChI is InChI=1S/C20H18N2S2/c1-3-7-17(8-4-1)15-21-11-13-23-19(21)20-22(12-14-24-20)16-18-9-5-2-6-10-18/h1-14H,15-16H2/b20-19-. The molecule has 2 heterocycles. The van der Waals surface area contributed by atoms with Crippen LogP contribution in [0.1, 0.15) is 11.1 Å². The molecule has 2 aromatic carbocycles. The topological polar surface area (TPSA) is 6.48 Å². The Bertz CT molecular complexity index is 714. The summed E-state index contributed by atoms with van der Waals surface area (Å²) in [6, 6.07) is 21.3. The molecule has 0 amide bonds. The zero-order chi connectivity index (χ0) is 16.2. The second kappa shape index (κ2) is 7.24. The van der Waals surface area contributed by atoms with Crippen LogP contribution in [0.4, 0.5) is 0 Å². The summed E-state index contributed by atoms with van der Waals surface area (Å²) < 4.78 is 0. The molecule has 0 unspecified atom stereocenters. The Kier molecular flexibility index (Phi) is 4.67. The quantitative estimate of drug-likeness (QED) is 0.712. The van der Waals surface area contributed by atoms with E-state index in [9.17, 15) is 0 Å². The van der Waals surface area contributed by atoms with Crippen molar-refractivity contribution >= 4 is 23.5 Å². The highest BCUT2D eigenvalue weighted by Gasteiger charge is 2.24. The lowest BCUT2D eigenvalue weighted by atomic mass is 10.2. The predicted octanol–water partition coefficient (Wildman–Crippen LogP) is 5.55. The number of rotatable bonds is 4. The number of hydrogen-bond acceptors (Lipinski definition) is 4. The highest BCUT2D eigenvalue weighted by molar-refractivity contribution is 8.09. The van der Waals surface area contributed by atoms with Gasteiger partial charge < -0.3 is 9.80 Å². The highest BCUT2D eigenvalue weighted by atomic mass is 32.2. The number of nitrogens with zero attached hydrogens (tertiary/aromatic N) is 2. The summed E-state index contributed by atoms with van der Waals surface area (Å²) in [4.78, 5) is 4.68. The molecule has 0 aromatic heterocycles. The molecule has 2 aliphatic heterocycles. The molecule has 0 aliphatic carbocycles. The van der Waals surface area contributed by atoms with Crippen molar-refractivity contribution in [2.24, 2.45) is 0 Å². The zero-order valence-corrected chi connectivity index (χ0v) is 14.8. The minimum absolute atomic E-state index is 0.906. The van der Waals surface area contributed by atoms with E-state index in [2.05, 4.69) is 93.7 Å². The molecule has 0 bridgehead atoms. The second-order valence-electron chi connectivity index (χ2n) is 5.64. The molecule has 120 valence electrons. The van der Waals surface area contributed by atoms with Crippen molar-refractivity contribution in [2.45, 2.75) is 13.1 Å². The van der Waals surface area contributed by atoms with Crippen LogP contribution in [0.15, 0.2) is 93.9 Å². The van der Waals surface area contributed by atoms with E-state index in [1.54, 1.807) is 23.5 Å². The summed E-state index contributed by atoms with van der Waals surface area (Å²) in [7, 11) is 0. The van der Waals surface area contributed by atoms with Crippen molar-refractivity contribution in [3.63, 3.8) is 0 Å². The van der Waals surface area contributed by atoms with E-state index in [1.165, 1.54) is 21.2 Å². The average molecular weight is 351 g/mol. The first-order valence-electron chi connectivity index (χ1n) is 7.92. The van der Waals surface area contributed by atoms with Crippen molar-refractivity contribution in [3.8, 4) is 0 Å². The van der Waals surface area contributed by atoms with E-state index in [0.717, 1.165) is 13.1 Å². The van der Waals surface area contributed by atoms with E-state index < -0.39 is 0 Å². The number of thioether (sulfide) groups is 2. The van der Waals surface area contributed by atoms with Crippen molar-refractivity contribution in [3.05, 3.63) is 105 Å². The van der Waals surface area contributed by atoms with Gasteiger partial charge in [-0.3, -0.25) is 0 Å². The molecule has 0 spiro atoms. The maximum absolute atomic E-state index is 2.34. The van der Waals surface area contributed by atoms with Crippen LogP contribution in [0.5, 0.6) is 0 Å². The normalized spacial score (nSPS) is 19.5. The number of benzene rings is 2. The van der Waals surface area contributed by atoms with E-state index in [4.69, 9.17) is 0 Å². The smallest absolute Gasteiger partial charge is 0.111 e. The van der Waals surface area contributed by atoms with Crippen LogP contribution < -0.4 is 0 Å². The molecule has 2 aromatic rings. The van der Waals surface area contributed by atoms with Gasteiger partial charge in [0.2, 0.25) is 0 Å². The lowest BCUT2D eigenvalue weighted by molar-refractivity contribution is 0.447. The van der Waals surface area contributed by atoms with E-state index in [1.807, 2.05) is 0 Å². The monoisotopic (exact) mass is 350 g/mol. The van der Waals surface area contributed by atoms with Gasteiger partial charge in [-0.25, -0.2) is 0 Å². The molecule has 4 rings (SSSR count). The van der Waals surface area contributed by atoms with Crippen LogP contribution in [0, 0.1) is 0 Å². The van der Waals surface area contributed by atoms with Crippen LogP contribution in [0.2, 0.25) is 0 Å². The van der Waals surface area contributed by atoms with Crippen molar-refractivity contribution in [1.82, 2.24) is 9.80 Å². The van der Waals surface area contributed by atoms with Crippen LogP contribution >= 0.6 is 23.5 Å². The third kappa shape index (κ3) is 3.40. The maximum Gasteiger partial charge on any atom is 0.111 e. The minimum atomic E-state index is 0.906. The Morgan fingerprint density at radius 3 is 1.42 bits per heavy atom. The van der Waals surface area contributed by atoms with E-state index in [0.29, 0.717) is 0 Å². The Morgan fingerprint density at radius 2 is 1.00 bits per heavy atom. The molecule has 0 atom stereocenters. The molecule has 4 heteroatoms. The first-order chi connectivity index (χ1) is 11.9. The fourth-order valence-electron chi connectivity index (χ4n) is 2.76. The van der Waals surface area contributed by atoms with Gasteiger partial charge in [0.1, 0.15) is 10.1 Å². The van der Waals surface area contributed by atoms with Gasteiger partial charge in [-0.2, -0.15) is 0 Å². The Labute approximate surface area is 151 Å². The summed E-state index contributed by atoms with van der Waals surface area (Å²) in [5, 5.41) is 6.96. The SMILES string of the molecule is C1=CN(Cc2ccccc2)/C(=C2/SC=CN2Cc2ccccc2)S1. The molecule has 2 nitrogen and oxygen atoms in total. The molecule has 0 saturated heterocycles. The first kappa shape index (κ1) is 15.5. The predicted molar refractivity (Wildman–Crippen MR) is 104 cm³/mol.